The molecule has 0 aliphatic carbocycles. The van der Waals surface area contributed by atoms with Gasteiger partial charge in [-0.1, -0.05) is 29.8 Å². The average Bonchev–Trinajstić information content (AvgIpc) is 3.13. The Kier molecular flexibility index (Phi) is 4.40. The van der Waals surface area contributed by atoms with Gasteiger partial charge in [0.25, 0.3) is 5.69 Å². The van der Waals surface area contributed by atoms with E-state index in [2.05, 4.69) is 10.1 Å². The predicted octanol–water partition coefficient (Wildman–Crippen LogP) is 4.04. The number of halogens is 1. The number of fused-ring (bicyclic) bond motifs is 1. The number of non-ortho nitro benzene ring substituents is 1. The van der Waals surface area contributed by atoms with Crippen LogP contribution in [0.2, 0.25) is 5.15 Å². The zero-order chi connectivity index (χ0) is 19.8. The van der Waals surface area contributed by atoms with Crippen LogP contribution in [0.1, 0.15) is 24.3 Å². The summed E-state index contributed by atoms with van der Waals surface area (Å²) in [6.45, 7) is 1.36. The first-order chi connectivity index (χ1) is 13.4. The van der Waals surface area contributed by atoms with Gasteiger partial charge in [-0.15, -0.1) is 5.10 Å². The number of carbonyl (C=O) groups is 1. The number of nitro groups is 1. The number of carbonyl (C=O) groups excluding carboxylic acids is 1. The van der Waals surface area contributed by atoms with E-state index in [9.17, 15) is 14.9 Å². The van der Waals surface area contributed by atoms with Crippen molar-refractivity contribution in [2.45, 2.75) is 13.2 Å². The fourth-order valence-electron chi connectivity index (χ4n) is 2.89. The third-order valence-corrected chi connectivity index (χ3v) is 4.57. The summed E-state index contributed by atoms with van der Waals surface area (Å²) < 4.78 is 5.90. The third-order valence-electron chi connectivity index (χ3n) is 4.26. The van der Waals surface area contributed by atoms with Crippen molar-refractivity contribution in [3.8, 4) is 0 Å². The number of aromatic nitrogens is 1. The Hall–Kier alpha value is -3.52. The van der Waals surface area contributed by atoms with Crippen molar-refractivity contribution in [1.29, 1.82) is 0 Å². The molecular formula is C19H13ClN4O4. The molecule has 1 atom stereocenters. The number of hydrogen-bond acceptors (Lipinski definition) is 6. The van der Waals surface area contributed by atoms with E-state index in [0.29, 0.717) is 11.1 Å². The number of rotatable bonds is 3. The van der Waals surface area contributed by atoms with E-state index in [-0.39, 0.29) is 22.6 Å². The molecule has 0 saturated carbocycles. The number of ether oxygens (including phenoxy) is 1. The van der Waals surface area contributed by atoms with Crippen LogP contribution < -0.4 is 0 Å². The van der Waals surface area contributed by atoms with Crippen LogP contribution in [0.3, 0.4) is 0 Å². The van der Waals surface area contributed by atoms with Gasteiger partial charge in [0, 0.05) is 30.0 Å². The minimum atomic E-state index is -0.882. The van der Waals surface area contributed by atoms with Crippen molar-refractivity contribution < 1.29 is 14.5 Å². The minimum Gasteiger partial charge on any atom is -0.446 e. The summed E-state index contributed by atoms with van der Waals surface area (Å²) in [5.41, 5.74) is 1.67. The lowest BCUT2D eigenvalue weighted by atomic mass is 10.1. The topological polar surface area (TPSA) is 97.9 Å². The summed E-state index contributed by atoms with van der Waals surface area (Å²) in [5, 5.41) is 17.3. The number of pyridine rings is 1. The number of para-hydroxylation sites is 1. The molecule has 0 bridgehead atoms. The second kappa shape index (κ2) is 6.90. The highest BCUT2D eigenvalue weighted by Gasteiger charge is 2.35. The molecule has 0 radical (unpaired) electrons. The number of nitrogens with zero attached hydrogens (tertiary/aromatic N) is 4. The van der Waals surface area contributed by atoms with Crippen molar-refractivity contribution in [2.24, 2.45) is 5.10 Å². The number of benzene rings is 2. The molecule has 1 aliphatic rings. The van der Waals surface area contributed by atoms with Gasteiger partial charge >= 0.3 is 0 Å². The molecule has 1 aliphatic heterocycles. The lowest BCUT2D eigenvalue weighted by Crippen LogP contribution is -2.25. The molecule has 3 aromatic rings. The molecule has 140 valence electrons. The van der Waals surface area contributed by atoms with E-state index in [1.54, 1.807) is 6.07 Å². The maximum absolute atomic E-state index is 12.1. The fraction of sp³-hybridized carbons (Fsp3) is 0.105. The summed E-state index contributed by atoms with van der Waals surface area (Å²) in [6, 6.07) is 15.0. The van der Waals surface area contributed by atoms with Crippen molar-refractivity contribution in [3.63, 3.8) is 0 Å². The van der Waals surface area contributed by atoms with E-state index in [1.807, 2.05) is 24.3 Å². The molecule has 0 saturated heterocycles. The molecule has 1 amide bonds. The summed E-state index contributed by atoms with van der Waals surface area (Å²) in [7, 11) is 0. The van der Waals surface area contributed by atoms with Gasteiger partial charge in [-0.2, -0.15) is 5.01 Å². The highest BCUT2D eigenvalue weighted by molar-refractivity contribution is 6.30. The third kappa shape index (κ3) is 3.14. The Morgan fingerprint density at radius 1 is 1.21 bits per heavy atom. The number of nitro benzene ring substituents is 1. The number of hydrazone groups is 1. The molecule has 9 heteroatoms. The van der Waals surface area contributed by atoms with Gasteiger partial charge in [-0.05, 0) is 24.3 Å². The van der Waals surface area contributed by atoms with Gasteiger partial charge in [0.2, 0.25) is 18.0 Å². The first kappa shape index (κ1) is 17.9. The van der Waals surface area contributed by atoms with Crippen LogP contribution in [0, 0.1) is 10.1 Å². The molecular weight excluding hydrogens is 384 g/mol. The van der Waals surface area contributed by atoms with Gasteiger partial charge in [-0.25, -0.2) is 4.98 Å². The largest absolute Gasteiger partial charge is 0.446 e. The first-order valence-corrected chi connectivity index (χ1v) is 8.67. The SMILES string of the molecule is CC(=O)N1N=C(c2ccc([N+](=O)[O-])cc2)O[C@H]1c1cc2ccccc2nc1Cl. The molecule has 1 aromatic heterocycles. The predicted molar refractivity (Wildman–Crippen MR) is 103 cm³/mol. The van der Waals surface area contributed by atoms with Crippen LogP contribution in [0.15, 0.2) is 59.7 Å². The zero-order valence-corrected chi connectivity index (χ0v) is 15.3. The van der Waals surface area contributed by atoms with Crippen LogP contribution in [0.5, 0.6) is 0 Å². The van der Waals surface area contributed by atoms with Gasteiger partial charge < -0.3 is 4.74 Å². The van der Waals surface area contributed by atoms with Crippen LogP contribution in [-0.2, 0) is 9.53 Å². The Balaban J connectivity index is 1.72. The second-order valence-corrected chi connectivity index (χ2v) is 6.46. The average molecular weight is 397 g/mol. The summed E-state index contributed by atoms with van der Waals surface area (Å²) in [4.78, 5) is 26.8. The highest BCUT2D eigenvalue weighted by atomic mass is 35.5. The normalized spacial score (nSPS) is 16.0. The number of hydrogen-bond donors (Lipinski definition) is 0. The monoisotopic (exact) mass is 396 g/mol. The maximum atomic E-state index is 12.1. The Morgan fingerprint density at radius 3 is 2.61 bits per heavy atom. The van der Waals surface area contributed by atoms with E-state index >= 15 is 0 Å². The fourth-order valence-corrected chi connectivity index (χ4v) is 3.13. The standard InChI is InChI=1S/C19H13ClN4O4/c1-11(25)23-19(15-10-13-4-2-3-5-16(13)21-17(15)20)28-18(22-23)12-6-8-14(9-7-12)24(26)27/h2-10,19H,1H3/t19-/m0/s1. The maximum Gasteiger partial charge on any atom is 0.269 e. The smallest absolute Gasteiger partial charge is 0.269 e. The van der Waals surface area contributed by atoms with Crippen LogP contribution >= 0.6 is 11.6 Å². The quantitative estimate of drug-likeness (QED) is 0.378. The van der Waals surface area contributed by atoms with Crippen molar-refractivity contribution in [2.75, 3.05) is 0 Å². The molecule has 28 heavy (non-hydrogen) atoms. The van der Waals surface area contributed by atoms with Gasteiger partial charge in [0.05, 0.1) is 16.0 Å². The molecule has 4 rings (SSSR count). The molecule has 8 nitrogen and oxygen atoms in total. The van der Waals surface area contributed by atoms with Crippen LogP contribution in [-0.4, -0.2) is 26.7 Å². The summed E-state index contributed by atoms with van der Waals surface area (Å²) in [6.07, 6.45) is -0.882. The van der Waals surface area contributed by atoms with Crippen LogP contribution in [0.25, 0.3) is 10.9 Å². The molecule has 0 spiro atoms. The highest BCUT2D eigenvalue weighted by Crippen LogP contribution is 2.35. The molecule has 0 unspecified atom stereocenters. The second-order valence-electron chi connectivity index (χ2n) is 6.10. The van der Waals surface area contributed by atoms with E-state index < -0.39 is 11.2 Å². The molecule has 2 heterocycles. The van der Waals surface area contributed by atoms with Gasteiger partial charge in [0.1, 0.15) is 5.15 Å². The Morgan fingerprint density at radius 2 is 1.93 bits per heavy atom. The lowest BCUT2D eigenvalue weighted by Gasteiger charge is -2.20. The number of amides is 1. The molecule has 2 aromatic carbocycles. The Labute approximate surface area is 164 Å². The van der Waals surface area contributed by atoms with E-state index in [0.717, 1.165) is 10.9 Å². The molecule has 0 fully saturated rings. The van der Waals surface area contributed by atoms with E-state index in [1.165, 1.54) is 36.2 Å². The zero-order valence-electron chi connectivity index (χ0n) is 14.6. The summed E-state index contributed by atoms with van der Waals surface area (Å²) >= 11 is 6.35. The van der Waals surface area contributed by atoms with Gasteiger partial charge in [-0.3, -0.25) is 14.9 Å². The van der Waals surface area contributed by atoms with Crippen molar-refractivity contribution in [1.82, 2.24) is 9.99 Å². The Bertz CT molecular complexity index is 1130. The lowest BCUT2D eigenvalue weighted by molar-refractivity contribution is -0.384. The van der Waals surface area contributed by atoms with Crippen molar-refractivity contribution >= 4 is 40.0 Å². The molecule has 0 N–H and O–H groups in total. The van der Waals surface area contributed by atoms with Crippen LogP contribution in [0.4, 0.5) is 5.69 Å². The van der Waals surface area contributed by atoms with Crippen molar-refractivity contribution in [3.05, 3.63) is 81.0 Å². The first-order valence-electron chi connectivity index (χ1n) is 8.29. The van der Waals surface area contributed by atoms with Gasteiger partial charge in [0.15, 0.2) is 0 Å². The van der Waals surface area contributed by atoms with E-state index in [4.69, 9.17) is 16.3 Å². The minimum absolute atomic E-state index is 0.0518. The summed E-state index contributed by atoms with van der Waals surface area (Å²) in [5.74, 6) is -0.175.